The third kappa shape index (κ3) is 4.99. The maximum absolute atomic E-state index is 13.7. The van der Waals surface area contributed by atoms with E-state index in [1.54, 1.807) is 11.3 Å². The number of carbonyl (C=O) groups excluding carboxylic acids is 1. The first kappa shape index (κ1) is 25.8. The van der Waals surface area contributed by atoms with Gasteiger partial charge in [-0.25, -0.2) is 4.98 Å². The molecule has 0 aliphatic heterocycles. The van der Waals surface area contributed by atoms with Gasteiger partial charge < -0.3 is 15.0 Å². The molecule has 1 fully saturated rings. The number of hydrogen-bond acceptors (Lipinski definition) is 4. The number of carbonyl (C=O) groups is 1. The molecule has 0 radical (unpaired) electrons. The molecule has 2 N–H and O–H groups in total. The van der Waals surface area contributed by atoms with Crippen LogP contribution in [0.4, 0.5) is 0 Å². The van der Waals surface area contributed by atoms with E-state index >= 15 is 0 Å². The molecule has 3 aromatic heterocycles. The zero-order chi connectivity index (χ0) is 26.9. The number of benzene rings is 2. The van der Waals surface area contributed by atoms with E-state index in [1.807, 2.05) is 16.8 Å². The third-order valence-corrected chi connectivity index (χ3v) is 9.02. The van der Waals surface area contributed by atoms with Crippen molar-refractivity contribution in [2.45, 2.75) is 58.0 Å². The Morgan fingerprint density at radius 3 is 2.56 bits per heavy atom. The molecular formula is C33H35N3O2S. The molecule has 39 heavy (non-hydrogen) atoms. The van der Waals surface area contributed by atoms with Crippen molar-refractivity contribution in [2.75, 3.05) is 6.61 Å². The first-order valence-corrected chi connectivity index (χ1v) is 14.8. The van der Waals surface area contributed by atoms with Gasteiger partial charge >= 0.3 is 0 Å². The van der Waals surface area contributed by atoms with Crippen LogP contribution in [0.25, 0.3) is 21.9 Å². The second kappa shape index (κ2) is 10.9. The number of aliphatic hydroxyl groups excluding tert-OH is 1. The molecular weight excluding hydrogens is 502 g/mol. The topological polar surface area (TPSA) is 67.2 Å². The Labute approximate surface area is 233 Å². The number of aryl methyl sites for hydroxylation is 2. The zero-order valence-electron chi connectivity index (χ0n) is 22.6. The van der Waals surface area contributed by atoms with Gasteiger partial charge in [0.05, 0.1) is 24.1 Å². The minimum Gasteiger partial charge on any atom is -0.394 e. The number of thiophene rings is 1. The summed E-state index contributed by atoms with van der Waals surface area (Å²) in [4.78, 5) is 18.6. The molecule has 0 saturated heterocycles. The van der Waals surface area contributed by atoms with Gasteiger partial charge in [0.2, 0.25) is 5.91 Å². The van der Waals surface area contributed by atoms with Gasteiger partial charge in [0, 0.05) is 23.0 Å². The maximum Gasteiger partial charge on any atom is 0.228 e. The number of fused-ring (bicyclic) bond motifs is 3. The summed E-state index contributed by atoms with van der Waals surface area (Å²) in [5.74, 6) is 0.122. The van der Waals surface area contributed by atoms with E-state index in [1.165, 1.54) is 40.3 Å². The molecule has 200 valence electrons. The molecule has 3 heterocycles. The Morgan fingerprint density at radius 1 is 1.08 bits per heavy atom. The van der Waals surface area contributed by atoms with Crippen LogP contribution >= 0.6 is 11.3 Å². The first-order valence-electron chi connectivity index (χ1n) is 13.9. The minimum absolute atomic E-state index is 0.0115. The quantitative estimate of drug-likeness (QED) is 0.223. The molecule has 2 unspecified atom stereocenters. The number of pyridine rings is 1. The second-order valence-corrected chi connectivity index (χ2v) is 11.7. The van der Waals surface area contributed by atoms with Gasteiger partial charge in [-0.3, -0.25) is 4.79 Å². The van der Waals surface area contributed by atoms with Gasteiger partial charge in [0.15, 0.2) is 0 Å². The van der Waals surface area contributed by atoms with Crippen LogP contribution in [0.2, 0.25) is 0 Å². The van der Waals surface area contributed by atoms with Crippen molar-refractivity contribution in [1.82, 2.24) is 14.9 Å². The smallest absolute Gasteiger partial charge is 0.228 e. The SMILES string of the molecule is Cc1cc(C)c2c3ccccc3n(Cc3ccc(C(C(=O)NC(CO)c4ccsc4)C4CCCC4)cc3)c2n1. The molecule has 2 aromatic carbocycles. The summed E-state index contributed by atoms with van der Waals surface area (Å²) in [5.41, 5.74) is 7.66. The van der Waals surface area contributed by atoms with Gasteiger partial charge in [-0.2, -0.15) is 11.3 Å². The van der Waals surface area contributed by atoms with Crippen LogP contribution in [0.1, 0.15) is 65.6 Å². The van der Waals surface area contributed by atoms with Gasteiger partial charge in [-0.15, -0.1) is 0 Å². The first-order chi connectivity index (χ1) is 19.0. The van der Waals surface area contributed by atoms with E-state index in [4.69, 9.17) is 4.98 Å². The molecule has 6 heteroatoms. The molecule has 1 aliphatic carbocycles. The van der Waals surface area contributed by atoms with Crippen LogP contribution in [0.3, 0.4) is 0 Å². The minimum atomic E-state index is -0.373. The van der Waals surface area contributed by atoms with Crippen LogP contribution in [0.15, 0.2) is 71.4 Å². The summed E-state index contributed by atoms with van der Waals surface area (Å²) in [6.45, 7) is 4.82. The number of hydrogen-bond donors (Lipinski definition) is 2. The van der Waals surface area contributed by atoms with Gasteiger partial charge in [0.25, 0.3) is 0 Å². The molecule has 6 rings (SSSR count). The number of rotatable bonds is 8. The van der Waals surface area contributed by atoms with Crippen molar-refractivity contribution in [3.63, 3.8) is 0 Å². The largest absolute Gasteiger partial charge is 0.394 e. The fraction of sp³-hybridized carbons (Fsp3) is 0.333. The lowest BCUT2D eigenvalue weighted by Gasteiger charge is -2.26. The van der Waals surface area contributed by atoms with Crippen LogP contribution in [0, 0.1) is 19.8 Å². The van der Waals surface area contributed by atoms with Crippen LogP contribution in [0.5, 0.6) is 0 Å². The molecule has 0 bridgehead atoms. The molecule has 1 amide bonds. The number of amides is 1. The Balaban J connectivity index is 1.31. The lowest BCUT2D eigenvalue weighted by molar-refractivity contribution is -0.124. The second-order valence-electron chi connectivity index (χ2n) is 10.9. The highest BCUT2D eigenvalue weighted by Gasteiger charge is 2.33. The highest BCUT2D eigenvalue weighted by atomic mass is 32.1. The van der Waals surface area contributed by atoms with Crippen molar-refractivity contribution < 1.29 is 9.90 Å². The zero-order valence-corrected chi connectivity index (χ0v) is 23.4. The van der Waals surface area contributed by atoms with E-state index in [9.17, 15) is 9.90 Å². The van der Waals surface area contributed by atoms with Crippen LogP contribution in [-0.2, 0) is 11.3 Å². The Bertz CT molecular complexity index is 1600. The molecule has 0 spiro atoms. The molecule has 1 aliphatic rings. The predicted octanol–water partition coefficient (Wildman–Crippen LogP) is 7.04. The average molecular weight is 538 g/mol. The highest BCUT2D eigenvalue weighted by molar-refractivity contribution is 7.08. The van der Waals surface area contributed by atoms with Gasteiger partial charge in [-0.05, 0) is 83.8 Å². The highest BCUT2D eigenvalue weighted by Crippen LogP contribution is 2.38. The average Bonchev–Trinajstić information content (AvgIpc) is 3.71. The van der Waals surface area contributed by atoms with Gasteiger partial charge in [0.1, 0.15) is 5.65 Å². The van der Waals surface area contributed by atoms with E-state index in [0.29, 0.717) is 12.5 Å². The predicted molar refractivity (Wildman–Crippen MR) is 159 cm³/mol. The Kier molecular flexibility index (Phi) is 7.24. The fourth-order valence-electron chi connectivity index (χ4n) is 6.45. The Morgan fingerprint density at radius 2 is 1.85 bits per heavy atom. The summed E-state index contributed by atoms with van der Waals surface area (Å²) in [6, 6.07) is 20.9. The van der Waals surface area contributed by atoms with E-state index < -0.39 is 0 Å². The number of nitrogens with zero attached hydrogens (tertiary/aromatic N) is 2. The monoisotopic (exact) mass is 537 g/mol. The summed E-state index contributed by atoms with van der Waals surface area (Å²) in [6.07, 6.45) is 4.46. The van der Waals surface area contributed by atoms with Crippen LogP contribution in [-0.4, -0.2) is 27.2 Å². The summed E-state index contributed by atoms with van der Waals surface area (Å²) >= 11 is 1.58. The standard InChI is InChI=1S/C33H35N3O2S/c1-21-17-22(2)34-32-30(21)27-9-5-6-10-29(27)36(32)18-23-11-13-25(14-12-23)31(24-7-3-4-8-24)33(38)35-28(19-37)26-15-16-39-20-26/h5-6,9-17,20,24,28,31,37H,3-4,7-8,18-19H2,1-2H3,(H,35,38). The van der Waals surface area contributed by atoms with Crippen molar-refractivity contribution in [3.05, 3.63) is 99.4 Å². The normalized spacial score (nSPS) is 15.7. The lowest BCUT2D eigenvalue weighted by atomic mass is 9.83. The van der Waals surface area contributed by atoms with Crippen molar-refractivity contribution in [2.24, 2.45) is 5.92 Å². The van der Waals surface area contributed by atoms with Gasteiger partial charge in [-0.1, -0.05) is 55.3 Å². The van der Waals surface area contributed by atoms with Crippen molar-refractivity contribution in [3.8, 4) is 0 Å². The van der Waals surface area contributed by atoms with E-state index in [-0.39, 0.29) is 24.5 Å². The summed E-state index contributed by atoms with van der Waals surface area (Å²) in [5, 5.41) is 19.6. The fourth-order valence-corrected chi connectivity index (χ4v) is 7.16. The van der Waals surface area contributed by atoms with E-state index in [0.717, 1.165) is 35.3 Å². The van der Waals surface area contributed by atoms with Crippen molar-refractivity contribution in [1.29, 1.82) is 0 Å². The molecule has 5 aromatic rings. The number of para-hydroxylation sites is 1. The summed E-state index contributed by atoms with van der Waals surface area (Å²) < 4.78 is 2.31. The van der Waals surface area contributed by atoms with Crippen LogP contribution < -0.4 is 5.32 Å². The number of aliphatic hydroxyl groups is 1. The Hall–Kier alpha value is -3.48. The summed E-state index contributed by atoms with van der Waals surface area (Å²) in [7, 11) is 0. The molecule has 2 atom stereocenters. The lowest BCUT2D eigenvalue weighted by Crippen LogP contribution is -2.37. The number of aromatic nitrogens is 2. The molecule has 1 saturated carbocycles. The molecule has 5 nitrogen and oxygen atoms in total. The maximum atomic E-state index is 13.7. The van der Waals surface area contributed by atoms with Crippen molar-refractivity contribution >= 4 is 39.2 Å². The number of nitrogens with one attached hydrogen (secondary N) is 1. The van der Waals surface area contributed by atoms with E-state index in [2.05, 4.69) is 78.3 Å². The third-order valence-electron chi connectivity index (χ3n) is 8.32.